The lowest BCUT2D eigenvalue weighted by molar-refractivity contribution is -0.119. The van der Waals surface area contributed by atoms with Crippen molar-refractivity contribution in [1.82, 2.24) is 0 Å². The fourth-order valence-corrected chi connectivity index (χ4v) is 4.91. The van der Waals surface area contributed by atoms with Crippen molar-refractivity contribution in [3.8, 4) is 0 Å². The van der Waals surface area contributed by atoms with Crippen LogP contribution in [0, 0.1) is 5.92 Å². The summed E-state index contributed by atoms with van der Waals surface area (Å²) < 4.78 is 0. The molecule has 2 aliphatic carbocycles. The number of Topliss-reactive ketones (excluding diaryl/α,β-unsaturated/α-hetero) is 2. The predicted molar refractivity (Wildman–Crippen MR) is 157 cm³/mol. The molecule has 0 N–H and O–H groups in total. The van der Waals surface area contributed by atoms with Crippen molar-refractivity contribution in [3.05, 3.63) is 69.4 Å². The molecule has 2 aliphatic rings. The fourth-order valence-electron chi connectivity index (χ4n) is 4.91. The number of hydrogen-bond donors (Lipinski definition) is 0. The molecule has 0 amide bonds. The summed E-state index contributed by atoms with van der Waals surface area (Å²) >= 11 is 0. The Balaban J connectivity index is 0.000000360. The van der Waals surface area contributed by atoms with Gasteiger partial charge in [-0.1, -0.05) is 63.8 Å². The number of carbonyl (C=O) groups excluding carboxylic acids is 2. The van der Waals surface area contributed by atoms with Gasteiger partial charge in [-0.15, -0.1) is 0 Å². The maximum Gasteiger partial charge on any atom is 0.155 e. The minimum Gasteiger partial charge on any atom is -0.299 e. The number of ketones is 2. The molecule has 0 spiro atoms. The van der Waals surface area contributed by atoms with E-state index in [1.807, 2.05) is 0 Å². The summed E-state index contributed by atoms with van der Waals surface area (Å²) in [5.41, 5.74) is 9.31. The first kappa shape index (κ1) is 31.8. The molecule has 0 aliphatic heterocycles. The van der Waals surface area contributed by atoms with Crippen LogP contribution in [-0.2, 0) is 9.59 Å². The highest BCUT2D eigenvalue weighted by molar-refractivity contribution is 5.94. The standard InChI is InChI=1S/2C17H26O/c2*1-13-7-5-8-14(2)11-12-17(16(4)18)15(3)10-6-9-13/h8-9H,5-7,10-12H2,1-4H3;8-10,17H,5-7,11-12H2,1-4H3. The molecular formula is C34H52O2. The second-order valence-corrected chi connectivity index (χ2v) is 11.0. The topological polar surface area (TPSA) is 34.1 Å². The van der Waals surface area contributed by atoms with Gasteiger partial charge in [0, 0.05) is 5.92 Å². The van der Waals surface area contributed by atoms with Crippen LogP contribution in [0.25, 0.3) is 0 Å². The first-order valence-corrected chi connectivity index (χ1v) is 14.0. The molecule has 0 radical (unpaired) electrons. The zero-order chi connectivity index (χ0) is 27.1. The van der Waals surface area contributed by atoms with Crippen molar-refractivity contribution in [1.29, 1.82) is 0 Å². The SMILES string of the molecule is CC(=O)C1=C(C)CCC=C(C)CCC=C(C)CC1.CC(=O)C1CCC(C)=CCCC(C)=CCC=C1C. The van der Waals surface area contributed by atoms with Gasteiger partial charge in [-0.25, -0.2) is 0 Å². The average molecular weight is 493 g/mol. The Kier molecular flexibility index (Phi) is 15.3. The summed E-state index contributed by atoms with van der Waals surface area (Å²) in [6, 6.07) is 0. The third-order valence-electron chi connectivity index (χ3n) is 7.56. The van der Waals surface area contributed by atoms with Crippen molar-refractivity contribution in [2.75, 3.05) is 0 Å². The van der Waals surface area contributed by atoms with Gasteiger partial charge in [-0.3, -0.25) is 9.59 Å². The van der Waals surface area contributed by atoms with E-state index in [9.17, 15) is 9.59 Å². The van der Waals surface area contributed by atoms with Crippen LogP contribution in [0.4, 0.5) is 0 Å². The first-order chi connectivity index (χ1) is 17.0. The van der Waals surface area contributed by atoms with Crippen LogP contribution in [-0.4, -0.2) is 11.6 Å². The van der Waals surface area contributed by atoms with Gasteiger partial charge in [-0.05, 0) is 132 Å². The Morgan fingerprint density at radius 2 is 1.11 bits per heavy atom. The molecule has 0 saturated carbocycles. The van der Waals surface area contributed by atoms with E-state index in [-0.39, 0.29) is 11.7 Å². The zero-order valence-corrected chi connectivity index (χ0v) is 24.6. The van der Waals surface area contributed by atoms with Gasteiger partial charge in [0.05, 0.1) is 0 Å². The summed E-state index contributed by atoms with van der Waals surface area (Å²) in [6.45, 7) is 16.4. The molecule has 0 fully saturated rings. The van der Waals surface area contributed by atoms with E-state index in [1.165, 1.54) is 39.9 Å². The van der Waals surface area contributed by atoms with Crippen LogP contribution >= 0.6 is 0 Å². The van der Waals surface area contributed by atoms with Gasteiger partial charge >= 0.3 is 0 Å². The van der Waals surface area contributed by atoms with E-state index in [0.717, 1.165) is 69.8 Å². The summed E-state index contributed by atoms with van der Waals surface area (Å²) in [5.74, 6) is 0.661. The molecule has 0 bridgehead atoms. The summed E-state index contributed by atoms with van der Waals surface area (Å²) in [7, 11) is 0. The van der Waals surface area contributed by atoms with E-state index in [0.29, 0.717) is 5.78 Å². The summed E-state index contributed by atoms with van der Waals surface area (Å²) in [4.78, 5) is 23.4. The van der Waals surface area contributed by atoms with Gasteiger partial charge in [-0.2, -0.15) is 0 Å². The molecule has 0 aromatic carbocycles. The quantitative estimate of drug-likeness (QED) is 0.359. The van der Waals surface area contributed by atoms with E-state index < -0.39 is 0 Å². The van der Waals surface area contributed by atoms with Crippen molar-refractivity contribution in [2.45, 2.75) is 126 Å². The van der Waals surface area contributed by atoms with Gasteiger partial charge < -0.3 is 0 Å². The third kappa shape index (κ3) is 13.2. The second kappa shape index (κ2) is 17.3. The Morgan fingerprint density at radius 3 is 1.67 bits per heavy atom. The van der Waals surface area contributed by atoms with Gasteiger partial charge in [0.15, 0.2) is 5.78 Å². The van der Waals surface area contributed by atoms with E-state index in [1.54, 1.807) is 13.8 Å². The highest BCUT2D eigenvalue weighted by atomic mass is 16.1. The van der Waals surface area contributed by atoms with Crippen LogP contribution in [0.5, 0.6) is 0 Å². The lowest BCUT2D eigenvalue weighted by atomic mass is 9.89. The number of allylic oxidation sites excluding steroid dienone is 12. The van der Waals surface area contributed by atoms with Gasteiger partial charge in [0.2, 0.25) is 0 Å². The van der Waals surface area contributed by atoms with Crippen LogP contribution in [0.3, 0.4) is 0 Å². The minimum absolute atomic E-state index is 0.112. The van der Waals surface area contributed by atoms with Crippen LogP contribution in [0.15, 0.2) is 69.4 Å². The summed E-state index contributed by atoms with van der Waals surface area (Å²) in [6.07, 6.45) is 23.0. The molecule has 36 heavy (non-hydrogen) atoms. The van der Waals surface area contributed by atoms with Gasteiger partial charge in [0.1, 0.15) is 5.78 Å². The van der Waals surface area contributed by atoms with Crippen molar-refractivity contribution in [3.63, 3.8) is 0 Å². The Hall–Kier alpha value is -2.22. The maximum atomic E-state index is 11.7. The number of carbonyl (C=O) groups is 2. The normalized spacial score (nSPS) is 21.3. The Bertz CT molecular complexity index is 930. The van der Waals surface area contributed by atoms with Crippen molar-refractivity contribution in [2.24, 2.45) is 5.92 Å². The highest BCUT2D eigenvalue weighted by Gasteiger charge is 2.16. The molecule has 0 heterocycles. The number of hydrogen-bond acceptors (Lipinski definition) is 2. The van der Waals surface area contributed by atoms with E-state index in [4.69, 9.17) is 0 Å². The summed E-state index contributed by atoms with van der Waals surface area (Å²) in [5, 5.41) is 0. The van der Waals surface area contributed by atoms with Crippen molar-refractivity contribution >= 4 is 11.6 Å². The monoisotopic (exact) mass is 492 g/mol. The van der Waals surface area contributed by atoms with Gasteiger partial charge in [0.25, 0.3) is 0 Å². The minimum atomic E-state index is 0.112. The smallest absolute Gasteiger partial charge is 0.155 e. The molecule has 200 valence electrons. The second-order valence-electron chi connectivity index (χ2n) is 11.0. The number of rotatable bonds is 2. The molecule has 0 aromatic heterocycles. The lowest BCUT2D eigenvalue weighted by Crippen LogP contribution is -2.12. The maximum absolute atomic E-state index is 11.7. The van der Waals surface area contributed by atoms with Crippen LogP contribution in [0.2, 0.25) is 0 Å². The molecule has 0 aromatic rings. The highest BCUT2D eigenvalue weighted by Crippen LogP contribution is 2.24. The Morgan fingerprint density at radius 1 is 0.611 bits per heavy atom. The third-order valence-corrected chi connectivity index (χ3v) is 7.56. The molecule has 0 saturated heterocycles. The largest absolute Gasteiger partial charge is 0.299 e. The predicted octanol–water partition coefficient (Wildman–Crippen LogP) is 10.1. The zero-order valence-electron chi connectivity index (χ0n) is 24.6. The van der Waals surface area contributed by atoms with Crippen LogP contribution in [0.1, 0.15) is 126 Å². The molecule has 1 unspecified atom stereocenters. The molecule has 2 rings (SSSR count). The van der Waals surface area contributed by atoms with E-state index >= 15 is 0 Å². The van der Waals surface area contributed by atoms with E-state index in [2.05, 4.69) is 71.9 Å². The fraction of sp³-hybridized carbons (Fsp3) is 0.588. The first-order valence-electron chi connectivity index (χ1n) is 14.0. The molecule has 2 heteroatoms. The van der Waals surface area contributed by atoms with Crippen LogP contribution < -0.4 is 0 Å². The molecule has 2 nitrogen and oxygen atoms in total. The Labute approximate surface area is 222 Å². The lowest BCUT2D eigenvalue weighted by Gasteiger charge is -2.15. The molecule has 1 atom stereocenters. The molecular weight excluding hydrogens is 440 g/mol. The van der Waals surface area contributed by atoms with Crippen molar-refractivity contribution < 1.29 is 9.59 Å². The average Bonchev–Trinajstić information content (AvgIpc) is 2.78.